The molecule has 0 amide bonds. The van der Waals surface area contributed by atoms with Gasteiger partial charge in [0.2, 0.25) is 0 Å². The van der Waals surface area contributed by atoms with Crippen LogP contribution in [0.4, 0.5) is 0 Å². The van der Waals surface area contributed by atoms with E-state index >= 15 is 0 Å². The fourth-order valence-corrected chi connectivity index (χ4v) is 2.02. The molecule has 0 fully saturated rings. The lowest BCUT2D eigenvalue weighted by molar-refractivity contribution is 0.626. The summed E-state index contributed by atoms with van der Waals surface area (Å²) in [5.41, 5.74) is 1.20. The molecule has 17 heavy (non-hydrogen) atoms. The summed E-state index contributed by atoms with van der Waals surface area (Å²) in [4.78, 5) is 16.1. The van der Waals surface area contributed by atoms with Gasteiger partial charge < -0.3 is 0 Å². The average Bonchev–Trinajstić information content (AvgIpc) is 2.35. The molecule has 3 nitrogen and oxygen atoms in total. The molecular formula is C13H13BrN2O. The van der Waals surface area contributed by atoms with Crippen molar-refractivity contribution in [3.8, 4) is 0 Å². The first-order chi connectivity index (χ1) is 8.18. The molecule has 0 aliphatic heterocycles. The molecule has 0 aliphatic carbocycles. The van der Waals surface area contributed by atoms with Gasteiger partial charge in [0, 0.05) is 12.7 Å². The van der Waals surface area contributed by atoms with E-state index in [1.165, 1.54) is 5.56 Å². The van der Waals surface area contributed by atoms with E-state index in [-0.39, 0.29) is 5.56 Å². The molecule has 0 unspecified atom stereocenters. The Morgan fingerprint density at radius 2 is 2.00 bits per heavy atom. The number of nitrogens with zero attached hydrogens (tertiary/aromatic N) is 2. The van der Waals surface area contributed by atoms with E-state index in [0.29, 0.717) is 11.0 Å². The zero-order valence-corrected chi connectivity index (χ0v) is 11.1. The van der Waals surface area contributed by atoms with Gasteiger partial charge in [-0.05, 0) is 34.8 Å². The van der Waals surface area contributed by atoms with E-state index in [2.05, 4.69) is 33.0 Å². The van der Waals surface area contributed by atoms with Crippen LogP contribution < -0.4 is 5.56 Å². The summed E-state index contributed by atoms with van der Waals surface area (Å²) in [6.45, 7) is 2.50. The molecule has 1 aromatic carbocycles. The van der Waals surface area contributed by atoms with Crippen molar-refractivity contribution in [1.29, 1.82) is 0 Å². The largest absolute Gasteiger partial charge is 0.296 e. The van der Waals surface area contributed by atoms with Crippen molar-refractivity contribution >= 4 is 15.9 Å². The summed E-state index contributed by atoms with van der Waals surface area (Å²) < 4.78 is 2.20. The summed E-state index contributed by atoms with van der Waals surface area (Å²) in [5.74, 6) is 0.745. The van der Waals surface area contributed by atoms with Gasteiger partial charge in [-0.15, -0.1) is 0 Å². The van der Waals surface area contributed by atoms with Crippen LogP contribution >= 0.6 is 15.9 Å². The predicted octanol–water partition coefficient (Wildman–Crippen LogP) is 2.56. The highest BCUT2D eigenvalue weighted by molar-refractivity contribution is 9.10. The minimum Gasteiger partial charge on any atom is -0.296 e. The lowest BCUT2D eigenvalue weighted by Crippen LogP contribution is -2.24. The van der Waals surface area contributed by atoms with Crippen molar-refractivity contribution in [1.82, 2.24) is 9.55 Å². The number of hydrogen-bond acceptors (Lipinski definition) is 2. The third-order valence-electron chi connectivity index (χ3n) is 2.67. The Kier molecular flexibility index (Phi) is 3.74. The van der Waals surface area contributed by atoms with Gasteiger partial charge in [0.15, 0.2) is 0 Å². The Hall–Kier alpha value is -1.42. The maximum atomic E-state index is 11.9. The first-order valence-electron chi connectivity index (χ1n) is 5.44. The number of halogens is 1. The molecule has 1 heterocycles. The predicted molar refractivity (Wildman–Crippen MR) is 71.1 cm³/mol. The fourth-order valence-electron chi connectivity index (χ4n) is 1.70. The molecule has 0 saturated carbocycles. The Bertz CT molecular complexity index is 563. The molecular weight excluding hydrogens is 280 g/mol. The molecule has 2 aromatic rings. The summed E-state index contributed by atoms with van der Waals surface area (Å²) in [6.07, 6.45) is 2.39. The van der Waals surface area contributed by atoms with E-state index in [1.807, 2.05) is 25.1 Å². The molecule has 88 valence electrons. The molecule has 0 spiro atoms. The van der Waals surface area contributed by atoms with E-state index in [9.17, 15) is 4.79 Å². The van der Waals surface area contributed by atoms with Gasteiger partial charge in [-0.2, -0.15) is 0 Å². The lowest BCUT2D eigenvalue weighted by Gasteiger charge is -2.09. The SMILES string of the molecule is Cc1ncc(Br)c(=O)n1CCc1ccccc1. The van der Waals surface area contributed by atoms with E-state index in [0.717, 1.165) is 12.2 Å². The Morgan fingerprint density at radius 1 is 1.29 bits per heavy atom. The Morgan fingerprint density at radius 3 is 2.71 bits per heavy atom. The fraction of sp³-hybridized carbons (Fsp3) is 0.231. The van der Waals surface area contributed by atoms with E-state index < -0.39 is 0 Å². The first-order valence-corrected chi connectivity index (χ1v) is 6.23. The smallest absolute Gasteiger partial charge is 0.267 e. The van der Waals surface area contributed by atoms with E-state index in [1.54, 1.807) is 10.8 Å². The maximum Gasteiger partial charge on any atom is 0.267 e. The summed E-state index contributed by atoms with van der Waals surface area (Å²) >= 11 is 3.21. The monoisotopic (exact) mass is 292 g/mol. The molecule has 0 N–H and O–H groups in total. The van der Waals surface area contributed by atoms with Crippen LogP contribution in [-0.2, 0) is 13.0 Å². The van der Waals surface area contributed by atoms with Crippen LogP contribution in [-0.4, -0.2) is 9.55 Å². The second kappa shape index (κ2) is 5.27. The normalized spacial score (nSPS) is 10.5. The van der Waals surface area contributed by atoms with Gasteiger partial charge in [-0.3, -0.25) is 9.36 Å². The standard InChI is InChI=1S/C13H13BrN2O/c1-10-15-9-12(14)13(17)16(10)8-7-11-5-3-2-4-6-11/h2-6,9H,7-8H2,1H3. The third-order valence-corrected chi connectivity index (χ3v) is 3.22. The van der Waals surface area contributed by atoms with Gasteiger partial charge >= 0.3 is 0 Å². The van der Waals surface area contributed by atoms with Crippen LogP contribution in [0.15, 0.2) is 45.8 Å². The highest BCUT2D eigenvalue weighted by atomic mass is 79.9. The molecule has 1 aromatic heterocycles. The second-order valence-corrected chi connectivity index (χ2v) is 4.70. The van der Waals surface area contributed by atoms with Crippen LogP contribution in [0.3, 0.4) is 0 Å². The Labute approximate surface area is 108 Å². The number of hydrogen-bond donors (Lipinski definition) is 0. The molecule has 0 radical (unpaired) electrons. The van der Waals surface area contributed by atoms with Gasteiger partial charge in [-0.25, -0.2) is 4.98 Å². The topological polar surface area (TPSA) is 34.9 Å². The first kappa shape index (κ1) is 12.0. The van der Waals surface area contributed by atoms with Crippen molar-refractivity contribution in [3.63, 3.8) is 0 Å². The quantitative estimate of drug-likeness (QED) is 0.871. The van der Waals surface area contributed by atoms with Crippen molar-refractivity contribution < 1.29 is 0 Å². The molecule has 0 atom stereocenters. The number of benzene rings is 1. The number of aromatic nitrogens is 2. The average molecular weight is 293 g/mol. The summed E-state index contributed by atoms with van der Waals surface area (Å²) in [5, 5.41) is 0. The zero-order chi connectivity index (χ0) is 12.3. The molecule has 4 heteroatoms. The number of aryl methyl sites for hydroxylation is 2. The molecule has 0 saturated heterocycles. The van der Waals surface area contributed by atoms with Crippen LogP contribution in [0.25, 0.3) is 0 Å². The van der Waals surface area contributed by atoms with Crippen LogP contribution in [0.5, 0.6) is 0 Å². The summed E-state index contributed by atoms with van der Waals surface area (Å²) in [7, 11) is 0. The van der Waals surface area contributed by atoms with Gasteiger partial charge in [0.25, 0.3) is 5.56 Å². The Balaban J connectivity index is 2.20. The third kappa shape index (κ3) is 2.82. The van der Waals surface area contributed by atoms with Crippen molar-refractivity contribution in [2.45, 2.75) is 19.9 Å². The zero-order valence-electron chi connectivity index (χ0n) is 9.56. The van der Waals surface area contributed by atoms with Crippen LogP contribution in [0, 0.1) is 6.92 Å². The second-order valence-electron chi connectivity index (χ2n) is 3.85. The van der Waals surface area contributed by atoms with Gasteiger partial charge in [-0.1, -0.05) is 30.3 Å². The van der Waals surface area contributed by atoms with Crippen molar-refractivity contribution in [3.05, 3.63) is 62.7 Å². The molecule has 0 bridgehead atoms. The molecule has 0 aliphatic rings. The van der Waals surface area contributed by atoms with E-state index in [4.69, 9.17) is 0 Å². The molecule has 2 rings (SSSR count). The van der Waals surface area contributed by atoms with Gasteiger partial charge in [0.1, 0.15) is 10.3 Å². The minimum atomic E-state index is -0.0200. The van der Waals surface area contributed by atoms with Gasteiger partial charge in [0.05, 0.1) is 0 Å². The highest BCUT2D eigenvalue weighted by Gasteiger charge is 2.05. The maximum absolute atomic E-state index is 11.9. The van der Waals surface area contributed by atoms with Crippen molar-refractivity contribution in [2.24, 2.45) is 0 Å². The van der Waals surface area contributed by atoms with Crippen molar-refractivity contribution in [2.75, 3.05) is 0 Å². The minimum absolute atomic E-state index is 0.0200. The number of rotatable bonds is 3. The van der Waals surface area contributed by atoms with Crippen LogP contribution in [0.2, 0.25) is 0 Å². The highest BCUT2D eigenvalue weighted by Crippen LogP contribution is 2.04. The lowest BCUT2D eigenvalue weighted by atomic mass is 10.1. The summed E-state index contributed by atoms with van der Waals surface area (Å²) in [6, 6.07) is 10.1. The van der Waals surface area contributed by atoms with Crippen LogP contribution in [0.1, 0.15) is 11.4 Å².